The van der Waals surface area contributed by atoms with Crippen LogP contribution in [0.25, 0.3) is 0 Å². The molecule has 1 rings (SSSR count). The number of hydrogen-bond donors (Lipinski definition) is 3. The van der Waals surface area contributed by atoms with Gasteiger partial charge in [0, 0.05) is 19.1 Å². The van der Waals surface area contributed by atoms with E-state index >= 15 is 0 Å². The Bertz CT molecular complexity index is 307. The summed E-state index contributed by atoms with van der Waals surface area (Å²) in [4.78, 5) is 25.1. The first kappa shape index (κ1) is 15.9. The number of likely N-dealkylation sites (tertiary alicyclic amines) is 1. The van der Waals surface area contributed by atoms with Crippen molar-refractivity contribution < 1.29 is 9.59 Å². The van der Waals surface area contributed by atoms with Crippen LogP contribution in [0.5, 0.6) is 0 Å². The largest absolute Gasteiger partial charge is 0.338 e. The molecule has 1 saturated heterocycles. The van der Waals surface area contributed by atoms with E-state index in [0.29, 0.717) is 12.5 Å². The standard InChI is InChI=1S/C13H26N4O2/c1-10(2)5-6-15-13(19)16-12(18)9-17-7-3-4-11(14)8-17/h10-11H,3-9,14H2,1-2H3,(H2,15,16,18,19). The molecule has 6 heteroatoms. The minimum absolute atomic E-state index is 0.140. The Morgan fingerprint density at radius 2 is 2.16 bits per heavy atom. The molecule has 0 aromatic rings. The zero-order chi connectivity index (χ0) is 14.3. The number of rotatable bonds is 5. The Kier molecular flexibility index (Phi) is 6.80. The van der Waals surface area contributed by atoms with Crippen LogP contribution in [0.3, 0.4) is 0 Å². The predicted molar refractivity (Wildman–Crippen MR) is 74.6 cm³/mol. The molecule has 110 valence electrons. The third kappa shape index (κ3) is 7.12. The number of imide groups is 1. The third-order valence-electron chi connectivity index (χ3n) is 3.17. The molecule has 0 aliphatic carbocycles. The highest BCUT2D eigenvalue weighted by Gasteiger charge is 2.19. The summed E-state index contributed by atoms with van der Waals surface area (Å²) in [5, 5.41) is 5.02. The molecule has 0 saturated carbocycles. The van der Waals surface area contributed by atoms with Crippen molar-refractivity contribution in [2.75, 3.05) is 26.2 Å². The number of nitrogens with two attached hydrogens (primary N) is 1. The van der Waals surface area contributed by atoms with Crippen LogP contribution in [-0.4, -0.2) is 49.1 Å². The molecular weight excluding hydrogens is 244 g/mol. The highest BCUT2D eigenvalue weighted by molar-refractivity contribution is 5.95. The van der Waals surface area contributed by atoms with Gasteiger partial charge >= 0.3 is 6.03 Å². The Morgan fingerprint density at radius 3 is 2.79 bits per heavy atom. The lowest BCUT2D eigenvalue weighted by Gasteiger charge is -2.29. The Balaban J connectivity index is 2.17. The average molecular weight is 270 g/mol. The maximum Gasteiger partial charge on any atom is 0.321 e. The van der Waals surface area contributed by atoms with E-state index in [1.165, 1.54) is 0 Å². The van der Waals surface area contributed by atoms with Gasteiger partial charge in [0.1, 0.15) is 0 Å². The molecular formula is C13H26N4O2. The fourth-order valence-electron chi connectivity index (χ4n) is 2.12. The van der Waals surface area contributed by atoms with E-state index < -0.39 is 6.03 Å². The summed E-state index contributed by atoms with van der Waals surface area (Å²) in [6.07, 6.45) is 2.92. The van der Waals surface area contributed by atoms with Gasteiger partial charge in [0.25, 0.3) is 0 Å². The van der Waals surface area contributed by atoms with Gasteiger partial charge < -0.3 is 11.1 Å². The van der Waals surface area contributed by atoms with Gasteiger partial charge in [0.05, 0.1) is 6.54 Å². The van der Waals surface area contributed by atoms with Gasteiger partial charge in [-0.25, -0.2) is 4.79 Å². The zero-order valence-corrected chi connectivity index (χ0v) is 11.9. The van der Waals surface area contributed by atoms with Crippen molar-refractivity contribution in [1.82, 2.24) is 15.5 Å². The summed E-state index contributed by atoms with van der Waals surface area (Å²) in [5.74, 6) is 0.266. The van der Waals surface area contributed by atoms with Gasteiger partial charge in [0.2, 0.25) is 5.91 Å². The van der Waals surface area contributed by atoms with Gasteiger partial charge in [-0.3, -0.25) is 15.0 Å². The quantitative estimate of drug-likeness (QED) is 0.669. The molecule has 1 fully saturated rings. The predicted octanol–water partition coefficient (Wildman–Crippen LogP) is 0.281. The van der Waals surface area contributed by atoms with Crippen molar-refractivity contribution in [3.8, 4) is 0 Å². The monoisotopic (exact) mass is 270 g/mol. The minimum atomic E-state index is -0.410. The molecule has 19 heavy (non-hydrogen) atoms. The Hall–Kier alpha value is -1.14. The number of nitrogens with zero attached hydrogens (tertiary/aromatic N) is 1. The van der Waals surface area contributed by atoms with Gasteiger partial charge in [0.15, 0.2) is 0 Å². The molecule has 6 nitrogen and oxygen atoms in total. The fourth-order valence-corrected chi connectivity index (χ4v) is 2.12. The fraction of sp³-hybridized carbons (Fsp3) is 0.846. The van der Waals surface area contributed by atoms with Gasteiger partial charge in [-0.05, 0) is 31.7 Å². The second-order valence-electron chi connectivity index (χ2n) is 5.62. The van der Waals surface area contributed by atoms with Crippen molar-refractivity contribution in [3.05, 3.63) is 0 Å². The topological polar surface area (TPSA) is 87.5 Å². The van der Waals surface area contributed by atoms with Crippen molar-refractivity contribution in [2.45, 2.75) is 39.2 Å². The second kappa shape index (κ2) is 8.12. The molecule has 0 spiro atoms. The van der Waals surface area contributed by atoms with Gasteiger partial charge in [-0.2, -0.15) is 0 Å². The van der Waals surface area contributed by atoms with Crippen molar-refractivity contribution in [1.29, 1.82) is 0 Å². The van der Waals surface area contributed by atoms with E-state index in [1.807, 2.05) is 4.90 Å². The van der Waals surface area contributed by atoms with Crippen molar-refractivity contribution >= 4 is 11.9 Å². The van der Waals surface area contributed by atoms with Crippen LogP contribution in [-0.2, 0) is 4.79 Å². The summed E-state index contributed by atoms with van der Waals surface area (Å²) in [5.41, 5.74) is 5.84. The van der Waals surface area contributed by atoms with E-state index in [0.717, 1.165) is 32.4 Å². The van der Waals surface area contributed by atoms with Gasteiger partial charge in [-0.1, -0.05) is 13.8 Å². The molecule has 0 aromatic heterocycles. The van der Waals surface area contributed by atoms with Crippen LogP contribution in [0.1, 0.15) is 33.1 Å². The first-order chi connectivity index (χ1) is 8.97. The van der Waals surface area contributed by atoms with Crippen molar-refractivity contribution in [3.63, 3.8) is 0 Å². The molecule has 1 aliphatic heterocycles. The van der Waals surface area contributed by atoms with E-state index in [-0.39, 0.29) is 18.5 Å². The van der Waals surface area contributed by atoms with Crippen LogP contribution in [0, 0.1) is 5.92 Å². The van der Waals surface area contributed by atoms with Crippen LogP contribution >= 0.6 is 0 Å². The zero-order valence-electron chi connectivity index (χ0n) is 11.9. The summed E-state index contributed by atoms with van der Waals surface area (Å²) < 4.78 is 0. The molecule has 1 unspecified atom stereocenters. The maximum atomic E-state index is 11.7. The number of nitrogens with one attached hydrogen (secondary N) is 2. The number of urea groups is 1. The number of carbonyl (C=O) groups is 2. The molecule has 0 bridgehead atoms. The molecule has 4 N–H and O–H groups in total. The molecule has 1 atom stereocenters. The highest BCUT2D eigenvalue weighted by Crippen LogP contribution is 2.07. The molecule has 0 radical (unpaired) electrons. The SMILES string of the molecule is CC(C)CCNC(=O)NC(=O)CN1CCCC(N)C1. The summed E-state index contributed by atoms with van der Waals surface area (Å²) >= 11 is 0. The summed E-state index contributed by atoms with van der Waals surface area (Å²) in [6.45, 7) is 6.60. The normalized spacial score (nSPS) is 20.3. The lowest BCUT2D eigenvalue weighted by Crippen LogP contribution is -2.49. The number of piperidine rings is 1. The van der Waals surface area contributed by atoms with Gasteiger partial charge in [-0.15, -0.1) is 0 Å². The van der Waals surface area contributed by atoms with E-state index in [4.69, 9.17) is 5.73 Å². The first-order valence-corrected chi connectivity index (χ1v) is 7.03. The summed E-state index contributed by atoms with van der Waals surface area (Å²) in [6, 6.07) is -0.270. The minimum Gasteiger partial charge on any atom is -0.338 e. The lowest BCUT2D eigenvalue weighted by atomic mass is 10.1. The van der Waals surface area contributed by atoms with Crippen LogP contribution < -0.4 is 16.4 Å². The number of carbonyl (C=O) groups excluding carboxylic acids is 2. The Labute approximate surface area is 115 Å². The lowest BCUT2D eigenvalue weighted by molar-refractivity contribution is -0.121. The smallest absolute Gasteiger partial charge is 0.321 e. The first-order valence-electron chi connectivity index (χ1n) is 7.03. The molecule has 0 aromatic carbocycles. The van der Waals surface area contributed by atoms with Crippen LogP contribution in [0.2, 0.25) is 0 Å². The van der Waals surface area contributed by atoms with Crippen LogP contribution in [0.4, 0.5) is 4.79 Å². The summed E-state index contributed by atoms with van der Waals surface area (Å²) in [7, 11) is 0. The van der Waals surface area contributed by atoms with E-state index in [9.17, 15) is 9.59 Å². The molecule has 3 amide bonds. The number of amides is 3. The van der Waals surface area contributed by atoms with Crippen LogP contribution in [0.15, 0.2) is 0 Å². The maximum absolute atomic E-state index is 11.7. The number of hydrogen-bond acceptors (Lipinski definition) is 4. The Morgan fingerprint density at radius 1 is 1.42 bits per heavy atom. The molecule has 1 heterocycles. The van der Waals surface area contributed by atoms with E-state index in [1.54, 1.807) is 0 Å². The average Bonchev–Trinajstić information content (AvgIpc) is 2.27. The second-order valence-corrected chi connectivity index (χ2v) is 5.62. The highest BCUT2D eigenvalue weighted by atomic mass is 16.2. The van der Waals surface area contributed by atoms with Crippen molar-refractivity contribution in [2.24, 2.45) is 11.7 Å². The third-order valence-corrected chi connectivity index (χ3v) is 3.17. The van der Waals surface area contributed by atoms with E-state index in [2.05, 4.69) is 24.5 Å². The molecule has 1 aliphatic rings.